The van der Waals surface area contributed by atoms with Crippen LogP contribution in [-0.2, 0) is 14.8 Å². The normalized spacial score (nSPS) is 19.2. The van der Waals surface area contributed by atoms with Crippen LogP contribution >= 0.6 is 11.8 Å². The maximum absolute atomic E-state index is 12.0. The van der Waals surface area contributed by atoms with Crippen LogP contribution in [0.1, 0.15) is 6.42 Å². The molecule has 110 valence electrons. The summed E-state index contributed by atoms with van der Waals surface area (Å²) in [6.45, 7) is 1.09. The molecular formula is C12H17N3O3S2. The highest BCUT2D eigenvalue weighted by atomic mass is 32.2. The number of hydrogen-bond acceptors (Lipinski definition) is 5. The number of amides is 1. The maximum Gasteiger partial charge on any atom is 0.232 e. The van der Waals surface area contributed by atoms with Crippen molar-refractivity contribution in [3.63, 3.8) is 0 Å². The number of thioether (sulfide) groups is 1. The number of carbonyl (C=O) groups excluding carboxylic acids is 1. The SMILES string of the molecule is NS(=O)(=O)C[C@@H]1CCN(C(=O)CSc2ccncc2)C1. The van der Waals surface area contributed by atoms with E-state index < -0.39 is 10.0 Å². The highest BCUT2D eigenvalue weighted by Crippen LogP contribution is 2.21. The molecule has 2 N–H and O–H groups in total. The fraction of sp³-hybridized carbons (Fsp3) is 0.500. The van der Waals surface area contributed by atoms with Crippen LogP contribution in [0, 0.1) is 5.92 Å². The Labute approximate surface area is 122 Å². The summed E-state index contributed by atoms with van der Waals surface area (Å²) in [7, 11) is -3.46. The molecule has 2 heterocycles. The van der Waals surface area contributed by atoms with Gasteiger partial charge >= 0.3 is 0 Å². The van der Waals surface area contributed by atoms with E-state index in [0.717, 1.165) is 4.90 Å². The Balaban J connectivity index is 1.80. The molecule has 0 aromatic carbocycles. The second-order valence-electron chi connectivity index (χ2n) is 4.80. The second kappa shape index (κ2) is 6.55. The second-order valence-corrected chi connectivity index (χ2v) is 7.50. The number of aromatic nitrogens is 1. The van der Waals surface area contributed by atoms with Crippen molar-refractivity contribution in [2.24, 2.45) is 11.1 Å². The largest absolute Gasteiger partial charge is 0.342 e. The smallest absolute Gasteiger partial charge is 0.232 e. The lowest BCUT2D eigenvalue weighted by Crippen LogP contribution is -2.31. The van der Waals surface area contributed by atoms with E-state index in [-0.39, 0.29) is 17.6 Å². The maximum atomic E-state index is 12.0. The first kappa shape index (κ1) is 15.3. The lowest BCUT2D eigenvalue weighted by Gasteiger charge is -2.16. The molecular weight excluding hydrogens is 298 g/mol. The topological polar surface area (TPSA) is 93.4 Å². The van der Waals surface area contributed by atoms with Gasteiger partial charge < -0.3 is 4.90 Å². The summed E-state index contributed by atoms with van der Waals surface area (Å²) in [6, 6.07) is 3.71. The van der Waals surface area contributed by atoms with E-state index in [1.165, 1.54) is 11.8 Å². The van der Waals surface area contributed by atoms with Crippen LogP contribution in [0.15, 0.2) is 29.4 Å². The number of hydrogen-bond donors (Lipinski definition) is 1. The molecule has 0 saturated carbocycles. The van der Waals surface area contributed by atoms with Crippen LogP contribution in [0.5, 0.6) is 0 Å². The number of primary sulfonamides is 1. The number of nitrogens with two attached hydrogens (primary N) is 1. The fourth-order valence-electron chi connectivity index (χ4n) is 2.19. The lowest BCUT2D eigenvalue weighted by atomic mass is 10.2. The van der Waals surface area contributed by atoms with Gasteiger partial charge in [0.2, 0.25) is 15.9 Å². The summed E-state index contributed by atoms with van der Waals surface area (Å²) in [5.41, 5.74) is 0. The minimum Gasteiger partial charge on any atom is -0.342 e. The Bertz CT molecular complexity index is 563. The standard InChI is InChI=1S/C12H17N3O3S2/c13-20(17,18)9-10-3-6-15(7-10)12(16)8-19-11-1-4-14-5-2-11/h1-2,4-5,10H,3,6-9H2,(H2,13,17,18)/t10-/m1/s1. The highest BCUT2D eigenvalue weighted by molar-refractivity contribution is 8.00. The third-order valence-electron chi connectivity index (χ3n) is 3.12. The summed E-state index contributed by atoms with van der Waals surface area (Å²) in [5, 5.41) is 5.03. The van der Waals surface area contributed by atoms with E-state index in [1.54, 1.807) is 17.3 Å². The fourth-order valence-corrected chi connectivity index (χ4v) is 3.91. The van der Waals surface area contributed by atoms with Gasteiger partial charge in [-0.25, -0.2) is 13.6 Å². The molecule has 1 aliphatic rings. The van der Waals surface area contributed by atoms with Crippen molar-refractivity contribution in [1.29, 1.82) is 0 Å². The lowest BCUT2D eigenvalue weighted by molar-refractivity contribution is -0.127. The van der Waals surface area contributed by atoms with Crippen molar-refractivity contribution in [3.8, 4) is 0 Å². The predicted molar refractivity (Wildman–Crippen MR) is 77.6 cm³/mol. The number of sulfonamides is 1. The summed E-state index contributed by atoms with van der Waals surface area (Å²) in [5.74, 6) is 0.295. The molecule has 0 unspecified atom stereocenters. The number of rotatable bonds is 5. The van der Waals surface area contributed by atoms with Crippen molar-refractivity contribution < 1.29 is 13.2 Å². The summed E-state index contributed by atoms with van der Waals surface area (Å²) in [4.78, 5) is 18.7. The van der Waals surface area contributed by atoms with Crippen molar-refractivity contribution in [2.45, 2.75) is 11.3 Å². The highest BCUT2D eigenvalue weighted by Gasteiger charge is 2.28. The molecule has 1 saturated heterocycles. The van der Waals surface area contributed by atoms with Gasteiger partial charge in [0.05, 0.1) is 11.5 Å². The van der Waals surface area contributed by atoms with Gasteiger partial charge in [-0.15, -0.1) is 11.8 Å². The zero-order valence-electron chi connectivity index (χ0n) is 10.9. The molecule has 1 aliphatic heterocycles. The molecule has 1 aromatic heterocycles. The Morgan fingerprint density at radius 1 is 1.45 bits per heavy atom. The van der Waals surface area contributed by atoms with Crippen LogP contribution < -0.4 is 5.14 Å². The van der Waals surface area contributed by atoms with Crippen LogP contribution in [-0.4, -0.2) is 48.8 Å². The van der Waals surface area contributed by atoms with E-state index in [0.29, 0.717) is 25.3 Å². The van der Waals surface area contributed by atoms with E-state index in [4.69, 9.17) is 5.14 Å². The molecule has 6 nitrogen and oxygen atoms in total. The van der Waals surface area contributed by atoms with Gasteiger partial charge in [0.15, 0.2) is 0 Å². The molecule has 1 fully saturated rings. The van der Waals surface area contributed by atoms with Crippen molar-refractivity contribution >= 4 is 27.7 Å². The van der Waals surface area contributed by atoms with Gasteiger partial charge in [-0.05, 0) is 24.5 Å². The summed E-state index contributed by atoms with van der Waals surface area (Å²) >= 11 is 1.46. The summed E-state index contributed by atoms with van der Waals surface area (Å²) < 4.78 is 22.1. The van der Waals surface area contributed by atoms with Gasteiger partial charge in [-0.3, -0.25) is 9.78 Å². The molecule has 1 amide bonds. The molecule has 0 spiro atoms. The minimum absolute atomic E-state index is 0.0312. The molecule has 20 heavy (non-hydrogen) atoms. The molecule has 2 rings (SSSR count). The summed E-state index contributed by atoms with van der Waals surface area (Å²) in [6.07, 6.45) is 4.07. The molecule has 1 aromatic rings. The number of likely N-dealkylation sites (tertiary alicyclic amines) is 1. The van der Waals surface area contributed by atoms with Gasteiger partial charge in [-0.1, -0.05) is 0 Å². The van der Waals surface area contributed by atoms with Gasteiger partial charge in [0.25, 0.3) is 0 Å². The monoisotopic (exact) mass is 315 g/mol. The average Bonchev–Trinajstić information content (AvgIpc) is 2.83. The molecule has 8 heteroatoms. The number of pyridine rings is 1. The first-order valence-corrected chi connectivity index (χ1v) is 8.95. The van der Waals surface area contributed by atoms with E-state index in [2.05, 4.69) is 4.98 Å². The van der Waals surface area contributed by atoms with Gasteiger partial charge in [0, 0.05) is 30.4 Å². The van der Waals surface area contributed by atoms with Crippen molar-refractivity contribution in [3.05, 3.63) is 24.5 Å². The van der Waals surface area contributed by atoms with Crippen LogP contribution in [0.3, 0.4) is 0 Å². The Hall–Kier alpha value is -1.12. The van der Waals surface area contributed by atoms with Gasteiger partial charge in [0.1, 0.15) is 0 Å². The zero-order chi connectivity index (χ0) is 14.6. The van der Waals surface area contributed by atoms with Gasteiger partial charge in [-0.2, -0.15) is 0 Å². The van der Waals surface area contributed by atoms with Crippen LogP contribution in [0.4, 0.5) is 0 Å². The van der Waals surface area contributed by atoms with E-state index >= 15 is 0 Å². The third-order valence-corrected chi connectivity index (χ3v) is 5.05. The van der Waals surface area contributed by atoms with Crippen molar-refractivity contribution in [1.82, 2.24) is 9.88 Å². The van der Waals surface area contributed by atoms with Crippen LogP contribution in [0.2, 0.25) is 0 Å². The molecule has 0 bridgehead atoms. The van der Waals surface area contributed by atoms with Crippen LogP contribution in [0.25, 0.3) is 0 Å². The number of carbonyl (C=O) groups is 1. The van der Waals surface area contributed by atoms with E-state index in [9.17, 15) is 13.2 Å². The Kier molecular flexibility index (Phi) is 5.00. The molecule has 0 radical (unpaired) electrons. The minimum atomic E-state index is -3.46. The Morgan fingerprint density at radius 2 is 2.15 bits per heavy atom. The molecule has 1 atom stereocenters. The first-order chi connectivity index (χ1) is 9.44. The third kappa shape index (κ3) is 4.77. The predicted octanol–water partition coefficient (Wildman–Crippen LogP) is 0.311. The van der Waals surface area contributed by atoms with E-state index in [1.807, 2.05) is 12.1 Å². The quantitative estimate of drug-likeness (QED) is 0.789. The van der Waals surface area contributed by atoms with Crippen molar-refractivity contribution in [2.75, 3.05) is 24.6 Å². The Morgan fingerprint density at radius 3 is 2.80 bits per heavy atom. The first-order valence-electron chi connectivity index (χ1n) is 6.25. The average molecular weight is 315 g/mol. The number of nitrogens with zero attached hydrogens (tertiary/aromatic N) is 2. The zero-order valence-corrected chi connectivity index (χ0v) is 12.6. The molecule has 0 aliphatic carbocycles.